The lowest BCUT2D eigenvalue weighted by molar-refractivity contribution is -0.138. The van der Waals surface area contributed by atoms with Gasteiger partial charge >= 0.3 is 6.18 Å². The highest BCUT2D eigenvalue weighted by Crippen LogP contribution is 2.45. The molecule has 1 unspecified atom stereocenters. The van der Waals surface area contributed by atoms with E-state index in [0.29, 0.717) is 12.1 Å². The van der Waals surface area contributed by atoms with Crippen LogP contribution in [0.15, 0.2) is 18.2 Å². The normalized spacial score (nSPS) is 18.4. The molecule has 0 radical (unpaired) electrons. The lowest BCUT2D eigenvalue weighted by Gasteiger charge is -2.17. The van der Waals surface area contributed by atoms with Crippen molar-refractivity contribution in [3.05, 3.63) is 29.3 Å². The molecule has 1 atom stereocenters. The van der Waals surface area contributed by atoms with Gasteiger partial charge in [0.05, 0.1) is 5.56 Å². The predicted octanol–water partition coefficient (Wildman–Crippen LogP) is 3.63. The van der Waals surface area contributed by atoms with Crippen molar-refractivity contribution in [2.75, 3.05) is 31.6 Å². The molecular formula is C15H21F3N2. The Labute approximate surface area is 118 Å². The molecule has 1 heterocycles. The van der Waals surface area contributed by atoms with E-state index in [2.05, 4.69) is 10.2 Å². The number of hydrogen-bond acceptors (Lipinski definition) is 2. The van der Waals surface area contributed by atoms with Crippen molar-refractivity contribution in [3.8, 4) is 0 Å². The average Bonchev–Trinajstić information content (AvgIpc) is 2.76. The zero-order valence-corrected chi connectivity index (χ0v) is 11.9. The second kappa shape index (κ2) is 6.04. The molecule has 1 aliphatic rings. The highest BCUT2D eigenvalue weighted by Gasteiger charge is 2.39. The van der Waals surface area contributed by atoms with Crippen LogP contribution in [-0.4, -0.2) is 26.7 Å². The molecule has 0 saturated carbocycles. The Balaban J connectivity index is 2.34. The summed E-state index contributed by atoms with van der Waals surface area (Å²) >= 11 is 0. The molecular weight excluding hydrogens is 265 g/mol. The SMILES string of the molecule is CCN1CC(CCCNC)c2c1cccc2C(F)(F)F. The van der Waals surface area contributed by atoms with Gasteiger partial charge in [-0.05, 0) is 51.1 Å². The van der Waals surface area contributed by atoms with E-state index in [1.165, 1.54) is 12.1 Å². The number of nitrogens with one attached hydrogen (secondary N) is 1. The first-order valence-corrected chi connectivity index (χ1v) is 7.08. The van der Waals surface area contributed by atoms with Gasteiger partial charge < -0.3 is 10.2 Å². The van der Waals surface area contributed by atoms with Gasteiger partial charge in [0.2, 0.25) is 0 Å². The average molecular weight is 286 g/mol. The number of rotatable bonds is 5. The molecule has 0 amide bonds. The Hall–Kier alpha value is -1.23. The first kappa shape index (κ1) is 15.2. The molecule has 1 aliphatic heterocycles. The standard InChI is InChI=1S/C15H21F3N2/c1-3-20-10-11(6-5-9-19-2)14-12(15(16,17)18)7-4-8-13(14)20/h4,7-8,11,19H,3,5-6,9-10H2,1-2H3. The number of anilines is 1. The van der Waals surface area contributed by atoms with Crippen LogP contribution in [0.4, 0.5) is 18.9 Å². The summed E-state index contributed by atoms with van der Waals surface area (Å²) in [6.45, 7) is 4.27. The fraction of sp³-hybridized carbons (Fsp3) is 0.600. The van der Waals surface area contributed by atoms with Crippen molar-refractivity contribution >= 4 is 5.69 Å². The van der Waals surface area contributed by atoms with Crippen molar-refractivity contribution < 1.29 is 13.2 Å². The van der Waals surface area contributed by atoms with E-state index in [-0.39, 0.29) is 5.92 Å². The molecule has 2 rings (SSSR count). The van der Waals surface area contributed by atoms with Gasteiger partial charge in [-0.1, -0.05) is 6.07 Å². The first-order valence-electron chi connectivity index (χ1n) is 7.08. The summed E-state index contributed by atoms with van der Waals surface area (Å²) in [6, 6.07) is 4.54. The van der Waals surface area contributed by atoms with E-state index >= 15 is 0 Å². The molecule has 0 spiro atoms. The lowest BCUT2D eigenvalue weighted by atomic mass is 9.92. The minimum Gasteiger partial charge on any atom is -0.371 e. The number of halogens is 3. The van der Waals surface area contributed by atoms with Crippen molar-refractivity contribution in [2.24, 2.45) is 0 Å². The van der Waals surface area contributed by atoms with Gasteiger partial charge in [0.25, 0.3) is 0 Å². The highest BCUT2D eigenvalue weighted by molar-refractivity contribution is 5.63. The molecule has 112 valence electrons. The Morgan fingerprint density at radius 1 is 1.35 bits per heavy atom. The van der Waals surface area contributed by atoms with Crippen LogP contribution in [-0.2, 0) is 6.18 Å². The Morgan fingerprint density at radius 2 is 2.10 bits per heavy atom. The molecule has 2 nitrogen and oxygen atoms in total. The van der Waals surface area contributed by atoms with Gasteiger partial charge in [0.1, 0.15) is 0 Å². The first-order chi connectivity index (χ1) is 9.49. The topological polar surface area (TPSA) is 15.3 Å². The molecule has 0 bridgehead atoms. The minimum atomic E-state index is -4.27. The van der Waals surface area contributed by atoms with E-state index in [4.69, 9.17) is 0 Å². The summed E-state index contributed by atoms with van der Waals surface area (Å²) < 4.78 is 39.6. The maximum absolute atomic E-state index is 13.2. The summed E-state index contributed by atoms with van der Waals surface area (Å²) in [5.41, 5.74) is 0.801. The number of benzene rings is 1. The summed E-state index contributed by atoms with van der Waals surface area (Å²) in [5, 5.41) is 3.05. The smallest absolute Gasteiger partial charge is 0.371 e. The maximum Gasteiger partial charge on any atom is 0.416 e. The van der Waals surface area contributed by atoms with Gasteiger partial charge in [-0.15, -0.1) is 0 Å². The summed E-state index contributed by atoms with van der Waals surface area (Å²) in [6.07, 6.45) is -2.59. The summed E-state index contributed by atoms with van der Waals surface area (Å²) in [4.78, 5) is 2.05. The van der Waals surface area contributed by atoms with Crippen molar-refractivity contribution in [3.63, 3.8) is 0 Å². The van der Waals surface area contributed by atoms with Crippen molar-refractivity contribution in [1.82, 2.24) is 5.32 Å². The van der Waals surface area contributed by atoms with E-state index in [1.54, 1.807) is 0 Å². The zero-order chi connectivity index (χ0) is 14.8. The van der Waals surface area contributed by atoms with Crippen LogP contribution in [0.25, 0.3) is 0 Å². The van der Waals surface area contributed by atoms with Crippen LogP contribution in [0.3, 0.4) is 0 Å². The Bertz CT molecular complexity index is 457. The van der Waals surface area contributed by atoms with Gasteiger partial charge in [0.15, 0.2) is 0 Å². The fourth-order valence-corrected chi connectivity index (χ4v) is 3.02. The maximum atomic E-state index is 13.2. The van der Waals surface area contributed by atoms with E-state index in [1.807, 2.05) is 20.0 Å². The van der Waals surface area contributed by atoms with E-state index in [9.17, 15) is 13.2 Å². The number of fused-ring (bicyclic) bond motifs is 1. The molecule has 0 aliphatic carbocycles. The molecule has 0 aromatic heterocycles. The number of hydrogen-bond donors (Lipinski definition) is 1. The molecule has 0 fully saturated rings. The second-order valence-electron chi connectivity index (χ2n) is 5.22. The van der Waals surface area contributed by atoms with Crippen LogP contribution < -0.4 is 10.2 Å². The third kappa shape index (κ3) is 2.92. The molecule has 1 aromatic rings. The fourth-order valence-electron chi connectivity index (χ4n) is 3.02. The van der Waals surface area contributed by atoms with E-state index in [0.717, 1.165) is 31.6 Å². The summed E-state index contributed by atoms with van der Waals surface area (Å²) in [7, 11) is 1.86. The van der Waals surface area contributed by atoms with E-state index < -0.39 is 11.7 Å². The van der Waals surface area contributed by atoms with Gasteiger partial charge in [-0.2, -0.15) is 13.2 Å². The summed E-state index contributed by atoms with van der Waals surface area (Å²) in [5.74, 6) is -0.0175. The largest absolute Gasteiger partial charge is 0.416 e. The number of likely N-dealkylation sites (N-methyl/N-ethyl adjacent to an activating group) is 1. The Kier molecular flexibility index (Phi) is 4.58. The Morgan fingerprint density at radius 3 is 2.70 bits per heavy atom. The molecule has 0 saturated heterocycles. The lowest BCUT2D eigenvalue weighted by Crippen LogP contribution is -2.21. The third-order valence-corrected chi connectivity index (χ3v) is 3.94. The number of alkyl halides is 3. The second-order valence-corrected chi connectivity index (χ2v) is 5.22. The van der Waals surface area contributed by atoms with Crippen LogP contribution in [0, 0.1) is 0 Å². The van der Waals surface area contributed by atoms with Gasteiger partial charge in [-0.3, -0.25) is 0 Å². The molecule has 1 aromatic carbocycles. The quantitative estimate of drug-likeness (QED) is 0.832. The zero-order valence-electron chi connectivity index (χ0n) is 11.9. The highest BCUT2D eigenvalue weighted by atomic mass is 19.4. The predicted molar refractivity (Wildman–Crippen MR) is 75.2 cm³/mol. The third-order valence-electron chi connectivity index (χ3n) is 3.94. The monoisotopic (exact) mass is 286 g/mol. The number of nitrogens with zero attached hydrogens (tertiary/aromatic N) is 1. The van der Waals surface area contributed by atoms with Crippen molar-refractivity contribution in [2.45, 2.75) is 31.9 Å². The van der Waals surface area contributed by atoms with Gasteiger partial charge in [-0.25, -0.2) is 0 Å². The van der Waals surface area contributed by atoms with Crippen LogP contribution in [0.5, 0.6) is 0 Å². The molecule has 1 N–H and O–H groups in total. The van der Waals surface area contributed by atoms with Crippen LogP contribution >= 0.6 is 0 Å². The van der Waals surface area contributed by atoms with Crippen molar-refractivity contribution in [1.29, 1.82) is 0 Å². The van der Waals surface area contributed by atoms with Crippen LogP contribution in [0.1, 0.15) is 36.8 Å². The minimum absolute atomic E-state index is 0.0175. The molecule has 5 heteroatoms. The molecule has 20 heavy (non-hydrogen) atoms. The van der Waals surface area contributed by atoms with Gasteiger partial charge in [0, 0.05) is 24.7 Å². The van der Waals surface area contributed by atoms with Crippen LogP contribution in [0.2, 0.25) is 0 Å².